The Morgan fingerprint density at radius 3 is 2.67 bits per heavy atom. The third-order valence-corrected chi connectivity index (χ3v) is 2.77. The summed E-state index contributed by atoms with van der Waals surface area (Å²) in [5.41, 5.74) is 0. The zero-order chi connectivity index (χ0) is 8.97. The van der Waals surface area contributed by atoms with Gasteiger partial charge in [-0.2, -0.15) is 0 Å². The quantitative estimate of drug-likeness (QED) is 0.595. The first kappa shape index (κ1) is 9.76. The predicted molar refractivity (Wildman–Crippen MR) is 51.0 cm³/mol. The second kappa shape index (κ2) is 4.64. The van der Waals surface area contributed by atoms with Crippen LogP contribution in [0.1, 0.15) is 52.4 Å². The number of rotatable bonds is 6. The molecule has 0 aromatic carbocycles. The Morgan fingerprint density at radius 1 is 1.50 bits per heavy atom. The van der Waals surface area contributed by atoms with Crippen LogP contribution >= 0.6 is 0 Å². The van der Waals surface area contributed by atoms with E-state index in [1.54, 1.807) is 0 Å². The first-order chi connectivity index (χ1) is 5.74. The molecule has 1 heteroatoms. The molecule has 1 fully saturated rings. The van der Waals surface area contributed by atoms with E-state index in [9.17, 15) is 4.79 Å². The van der Waals surface area contributed by atoms with E-state index in [2.05, 4.69) is 13.8 Å². The molecule has 70 valence electrons. The van der Waals surface area contributed by atoms with Crippen molar-refractivity contribution in [2.45, 2.75) is 52.4 Å². The Balaban J connectivity index is 2.07. The molecular formula is C11H20O. The highest BCUT2D eigenvalue weighted by Crippen LogP contribution is 2.33. The van der Waals surface area contributed by atoms with E-state index < -0.39 is 0 Å². The molecule has 1 aliphatic rings. The third kappa shape index (κ3) is 3.38. The Kier molecular flexibility index (Phi) is 3.77. The van der Waals surface area contributed by atoms with Gasteiger partial charge in [0.2, 0.25) is 0 Å². The number of carbonyl (C=O) groups is 1. The van der Waals surface area contributed by atoms with Crippen LogP contribution in [0, 0.1) is 11.8 Å². The summed E-state index contributed by atoms with van der Waals surface area (Å²) >= 11 is 0. The summed E-state index contributed by atoms with van der Waals surface area (Å²) in [6.07, 6.45) is 6.95. The molecule has 0 aromatic rings. The molecule has 1 saturated carbocycles. The maximum atomic E-state index is 11.5. The fourth-order valence-corrected chi connectivity index (χ4v) is 1.59. The van der Waals surface area contributed by atoms with Gasteiger partial charge in [0.25, 0.3) is 0 Å². The molecule has 1 unspecified atom stereocenters. The van der Waals surface area contributed by atoms with E-state index in [1.165, 1.54) is 12.8 Å². The standard InChI is InChI=1S/C11H20O/c1-3-4-9(2)11(12)8-7-10-5-6-10/h9-10H,3-8H2,1-2H3. The van der Waals surface area contributed by atoms with Crippen molar-refractivity contribution >= 4 is 5.78 Å². The van der Waals surface area contributed by atoms with Gasteiger partial charge in [-0.05, 0) is 18.8 Å². The zero-order valence-electron chi connectivity index (χ0n) is 8.31. The van der Waals surface area contributed by atoms with Crippen molar-refractivity contribution in [3.8, 4) is 0 Å². The van der Waals surface area contributed by atoms with Crippen LogP contribution in [0.4, 0.5) is 0 Å². The summed E-state index contributed by atoms with van der Waals surface area (Å²) in [7, 11) is 0. The summed E-state index contributed by atoms with van der Waals surface area (Å²) in [4.78, 5) is 11.5. The molecule has 0 aliphatic heterocycles. The van der Waals surface area contributed by atoms with E-state index in [1.807, 2.05) is 0 Å². The SMILES string of the molecule is CCCC(C)C(=O)CCC1CC1. The second-order valence-corrected chi connectivity index (χ2v) is 4.14. The largest absolute Gasteiger partial charge is 0.299 e. The minimum absolute atomic E-state index is 0.314. The Bertz CT molecular complexity index is 147. The van der Waals surface area contributed by atoms with E-state index in [0.29, 0.717) is 11.7 Å². The van der Waals surface area contributed by atoms with Gasteiger partial charge in [0.1, 0.15) is 5.78 Å². The zero-order valence-corrected chi connectivity index (χ0v) is 8.31. The van der Waals surface area contributed by atoms with E-state index in [4.69, 9.17) is 0 Å². The summed E-state index contributed by atoms with van der Waals surface area (Å²) in [6.45, 7) is 4.21. The maximum absolute atomic E-state index is 11.5. The highest BCUT2D eigenvalue weighted by molar-refractivity contribution is 5.80. The molecule has 1 nitrogen and oxygen atoms in total. The monoisotopic (exact) mass is 168 g/mol. The first-order valence-electron chi connectivity index (χ1n) is 5.26. The van der Waals surface area contributed by atoms with Crippen LogP contribution in [0.15, 0.2) is 0 Å². The molecule has 0 spiro atoms. The van der Waals surface area contributed by atoms with Gasteiger partial charge in [0.05, 0.1) is 0 Å². The molecular weight excluding hydrogens is 148 g/mol. The van der Waals surface area contributed by atoms with Crippen LogP contribution in [0.5, 0.6) is 0 Å². The van der Waals surface area contributed by atoms with Gasteiger partial charge in [-0.25, -0.2) is 0 Å². The maximum Gasteiger partial charge on any atom is 0.135 e. The second-order valence-electron chi connectivity index (χ2n) is 4.14. The summed E-state index contributed by atoms with van der Waals surface area (Å²) in [5, 5.41) is 0. The smallest absolute Gasteiger partial charge is 0.135 e. The normalized spacial score (nSPS) is 19.2. The third-order valence-electron chi connectivity index (χ3n) is 2.77. The minimum atomic E-state index is 0.314. The van der Waals surface area contributed by atoms with Gasteiger partial charge in [-0.3, -0.25) is 4.79 Å². The lowest BCUT2D eigenvalue weighted by atomic mass is 9.97. The number of hydrogen-bond donors (Lipinski definition) is 0. The van der Waals surface area contributed by atoms with Crippen LogP contribution in [-0.2, 0) is 4.79 Å². The fourth-order valence-electron chi connectivity index (χ4n) is 1.59. The molecule has 0 N–H and O–H groups in total. The number of Topliss-reactive ketones (excluding diaryl/α,β-unsaturated/α-hetero) is 1. The molecule has 1 aliphatic carbocycles. The van der Waals surface area contributed by atoms with Gasteiger partial charge in [-0.15, -0.1) is 0 Å². The van der Waals surface area contributed by atoms with Gasteiger partial charge in [0, 0.05) is 12.3 Å². The van der Waals surface area contributed by atoms with Crippen molar-refractivity contribution in [3.63, 3.8) is 0 Å². The lowest BCUT2D eigenvalue weighted by Gasteiger charge is -2.07. The molecule has 0 radical (unpaired) electrons. The number of hydrogen-bond acceptors (Lipinski definition) is 1. The van der Waals surface area contributed by atoms with Crippen LogP contribution in [0.2, 0.25) is 0 Å². The average Bonchev–Trinajstić information content (AvgIpc) is 2.83. The van der Waals surface area contributed by atoms with Crippen LogP contribution in [-0.4, -0.2) is 5.78 Å². The fraction of sp³-hybridized carbons (Fsp3) is 0.909. The molecule has 0 saturated heterocycles. The lowest BCUT2D eigenvalue weighted by Crippen LogP contribution is -2.10. The minimum Gasteiger partial charge on any atom is -0.299 e. The van der Waals surface area contributed by atoms with Crippen LogP contribution in [0.3, 0.4) is 0 Å². The molecule has 0 amide bonds. The highest BCUT2D eigenvalue weighted by atomic mass is 16.1. The number of ketones is 1. The average molecular weight is 168 g/mol. The van der Waals surface area contributed by atoms with Crippen LogP contribution in [0.25, 0.3) is 0 Å². The van der Waals surface area contributed by atoms with Crippen molar-refractivity contribution in [1.29, 1.82) is 0 Å². The van der Waals surface area contributed by atoms with Crippen molar-refractivity contribution in [2.75, 3.05) is 0 Å². The molecule has 0 aromatic heterocycles. The van der Waals surface area contributed by atoms with Gasteiger partial charge < -0.3 is 0 Å². The van der Waals surface area contributed by atoms with Crippen molar-refractivity contribution in [3.05, 3.63) is 0 Å². The van der Waals surface area contributed by atoms with Gasteiger partial charge >= 0.3 is 0 Å². The molecule has 0 bridgehead atoms. The highest BCUT2D eigenvalue weighted by Gasteiger charge is 2.22. The Morgan fingerprint density at radius 2 is 2.17 bits per heavy atom. The number of carbonyl (C=O) groups excluding carboxylic acids is 1. The van der Waals surface area contributed by atoms with E-state index in [0.717, 1.165) is 31.6 Å². The van der Waals surface area contributed by atoms with E-state index in [-0.39, 0.29) is 0 Å². The summed E-state index contributed by atoms with van der Waals surface area (Å²) in [5.74, 6) is 1.71. The van der Waals surface area contributed by atoms with E-state index >= 15 is 0 Å². The van der Waals surface area contributed by atoms with Gasteiger partial charge in [-0.1, -0.05) is 33.1 Å². The molecule has 12 heavy (non-hydrogen) atoms. The Hall–Kier alpha value is -0.330. The predicted octanol–water partition coefficient (Wildman–Crippen LogP) is 3.18. The lowest BCUT2D eigenvalue weighted by molar-refractivity contribution is -0.122. The summed E-state index contributed by atoms with van der Waals surface area (Å²) < 4.78 is 0. The molecule has 1 atom stereocenters. The van der Waals surface area contributed by atoms with Crippen LogP contribution < -0.4 is 0 Å². The van der Waals surface area contributed by atoms with Crippen molar-refractivity contribution < 1.29 is 4.79 Å². The summed E-state index contributed by atoms with van der Waals surface area (Å²) in [6, 6.07) is 0. The Labute approximate surface area is 75.5 Å². The molecule has 1 rings (SSSR count). The topological polar surface area (TPSA) is 17.1 Å². The van der Waals surface area contributed by atoms with Crippen molar-refractivity contribution in [1.82, 2.24) is 0 Å². The molecule has 0 heterocycles. The first-order valence-corrected chi connectivity index (χ1v) is 5.26. The van der Waals surface area contributed by atoms with Crippen molar-refractivity contribution in [2.24, 2.45) is 11.8 Å². The van der Waals surface area contributed by atoms with Gasteiger partial charge in [0.15, 0.2) is 0 Å².